The van der Waals surface area contributed by atoms with Crippen molar-refractivity contribution < 1.29 is 20.1 Å². The molecule has 1 aliphatic rings. The van der Waals surface area contributed by atoms with Crippen LogP contribution in [-0.2, 0) is 4.74 Å². The zero-order valence-corrected chi connectivity index (χ0v) is 14.9. The number of nitrogens with zero attached hydrogens (tertiary/aromatic N) is 3. The van der Waals surface area contributed by atoms with Gasteiger partial charge in [0.2, 0.25) is 5.95 Å². The number of hydrogen-bond donors (Lipinski definition) is 6. The third kappa shape index (κ3) is 4.12. The molecule has 4 atom stereocenters. The van der Waals surface area contributed by atoms with Crippen molar-refractivity contribution in [2.45, 2.75) is 50.2 Å². The molecule has 3 heterocycles. The van der Waals surface area contributed by atoms with Gasteiger partial charge in [-0.25, -0.2) is 4.98 Å². The van der Waals surface area contributed by atoms with E-state index in [0.29, 0.717) is 19.0 Å². The van der Waals surface area contributed by atoms with Crippen LogP contribution in [0.15, 0.2) is 11.1 Å². The summed E-state index contributed by atoms with van der Waals surface area (Å²) in [6, 6.07) is 0. The van der Waals surface area contributed by atoms with Crippen LogP contribution in [0.25, 0.3) is 11.2 Å². The summed E-state index contributed by atoms with van der Waals surface area (Å²) in [6.45, 7) is 0.886. The molecule has 27 heavy (non-hydrogen) atoms. The highest BCUT2D eigenvalue weighted by atomic mass is 16.6. The van der Waals surface area contributed by atoms with Gasteiger partial charge in [0, 0.05) is 6.54 Å². The first-order valence-electron chi connectivity index (χ1n) is 9.10. The van der Waals surface area contributed by atoms with Crippen molar-refractivity contribution in [3.63, 3.8) is 0 Å². The van der Waals surface area contributed by atoms with E-state index in [2.05, 4.69) is 20.3 Å². The zero-order valence-electron chi connectivity index (χ0n) is 14.9. The van der Waals surface area contributed by atoms with Gasteiger partial charge in [0.1, 0.15) is 18.3 Å². The molecule has 2 aromatic rings. The molecule has 0 bridgehead atoms. The van der Waals surface area contributed by atoms with Gasteiger partial charge in [0.05, 0.1) is 12.9 Å². The van der Waals surface area contributed by atoms with Crippen molar-refractivity contribution in [1.82, 2.24) is 19.5 Å². The smallest absolute Gasteiger partial charge is 0.280 e. The largest absolute Gasteiger partial charge is 0.394 e. The Morgan fingerprint density at radius 1 is 1.26 bits per heavy atom. The van der Waals surface area contributed by atoms with Crippen LogP contribution in [0.1, 0.15) is 31.9 Å². The fraction of sp³-hybridized carbons (Fsp3) is 0.688. The Bertz CT molecular complexity index is 808. The van der Waals surface area contributed by atoms with Gasteiger partial charge in [-0.15, -0.1) is 0 Å². The van der Waals surface area contributed by atoms with Crippen molar-refractivity contribution in [1.29, 1.82) is 0 Å². The highest BCUT2D eigenvalue weighted by Crippen LogP contribution is 2.30. The molecule has 0 saturated carbocycles. The topological polar surface area (TPSA) is 172 Å². The Hall–Kier alpha value is -2.05. The maximum atomic E-state index is 12.3. The molecule has 1 aliphatic heterocycles. The van der Waals surface area contributed by atoms with E-state index in [4.69, 9.17) is 10.5 Å². The van der Waals surface area contributed by atoms with Crippen LogP contribution in [0.3, 0.4) is 0 Å². The summed E-state index contributed by atoms with van der Waals surface area (Å²) in [6.07, 6.45) is 0.863. The summed E-state index contributed by atoms with van der Waals surface area (Å²) in [5.74, 6) is 0.291. The van der Waals surface area contributed by atoms with Crippen LogP contribution in [-0.4, -0.2) is 72.8 Å². The van der Waals surface area contributed by atoms with E-state index in [0.717, 1.165) is 25.7 Å². The summed E-state index contributed by atoms with van der Waals surface area (Å²) in [4.78, 5) is 23.3. The number of aromatic amines is 1. The van der Waals surface area contributed by atoms with E-state index in [-0.39, 0.29) is 11.2 Å². The number of unbranched alkanes of at least 4 members (excludes halogenated alkanes) is 3. The number of imidazole rings is 1. The number of rotatable bonds is 9. The van der Waals surface area contributed by atoms with Crippen molar-refractivity contribution in [3.05, 3.63) is 16.7 Å². The van der Waals surface area contributed by atoms with Gasteiger partial charge in [-0.2, -0.15) is 4.98 Å². The lowest BCUT2D eigenvalue weighted by molar-refractivity contribution is -0.0511. The highest BCUT2D eigenvalue weighted by Gasteiger charge is 2.44. The van der Waals surface area contributed by atoms with Crippen LogP contribution in [0.4, 0.5) is 5.95 Å². The molecule has 0 spiro atoms. The van der Waals surface area contributed by atoms with Crippen LogP contribution in [0.2, 0.25) is 0 Å². The molecule has 0 aromatic carbocycles. The van der Waals surface area contributed by atoms with Crippen LogP contribution in [0.5, 0.6) is 0 Å². The van der Waals surface area contributed by atoms with Gasteiger partial charge in [0.25, 0.3) is 5.56 Å². The number of aliphatic hydroxyl groups excluding tert-OH is 3. The van der Waals surface area contributed by atoms with Gasteiger partial charge < -0.3 is 31.1 Å². The Balaban J connectivity index is 1.76. The minimum Gasteiger partial charge on any atom is -0.394 e. The molecule has 150 valence electrons. The predicted molar refractivity (Wildman–Crippen MR) is 97.2 cm³/mol. The van der Waals surface area contributed by atoms with Crippen molar-refractivity contribution in [3.8, 4) is 0 Å². The van der Waals surface area contributed by atoms with E-state index in [1.165, 1.54) is 10.9 Å². The summed E-state index contributed by atoms with van der Waals surface area (Å²) in [5.41, 5.74) is 5.36. The summed E-state index contributed by atoms with van der Waals surface area (Å²) in [7, 11) is 0. The highest BCUT2D eigenvalue weighted by molar-refractivity contribution is 5.70. The number of aromatic nitrogens is 4. The molecule has 11 heteroatoms. The van der Waals surface area contributed by atoms with E-state index >= 15 is 0 Å². The number of anilines is 1. The molecule has 3 rings (SSSR count). The van der Waals surface area contributed by atoms with Crippen LogP contribution < -0.4 is 16.6 Å². The first-order chi connectivity index (χ1) is 13.1. The second-order valence-corrected chi connectivity index (χ2v) is 6.60. The van der Waals surface area contributed by atoms with Gasteiger partial charge in [0.15, 0.2) is 17.4 Å². The fourth-order valence-corrected chi connectivity index (χ4v) is 3.14. The minimum atomic E-state index is -1.28. The number of aliphatic hydroxyl groups is 3. The Labute approximate surface area is 155 Å². The number of H-pyrrole nitrogens is 1. The summed E-state index contributed by atoms with van der Waals surface area (Å²) < 4.78 is 6.88. The molecule has 0 radical (unpaired) electrons. The molecule has 2 aromatic heterocycles. The molecular formula is C16H26N6O5. The molecule has 1 saturated heterocycles. The Morgan fingerprint density at radius 3 is 2.74 bits per heavy atom. The van der Waals surface area contributed by atoms with Gasteiger partial charge in [-0.05, 0) is 19.4 Å². The maximum absolute atomic E-state index is 12.3. The van der Waals surface area contributed by atoms with Crippen LogP contribution in [0, 0.1) is 0 Å². The lowest BCUT2D eigenvalue weighted by atomic mass is 10.1. The minimum absolute atomic E-state index is 0.0984. The monoisotopic (exact) mass is 382 g/mol. The number of fused-ring (bicyclic) bond motifs is 1. The third-order valence-electron chi connectivity index (χ3n) is 4.65. The molecule has 0 aliphatic carbocycles. The van der Waals surface area contributed by atoms with E-state index < -0.39 is 36.7 Å². The van der Waals surface area contributed by atoms with Crippen molar-refractivity contribution in [2.75, 3.05) is 25.0 Å². The van der Waals surface area contributed by atoms with Gasteiger partial charge >= 0.3 is 0 Å². The number of hydrogen-bond acceptors (Lipinski definition) is 9. The van der Waals surface area contributed by atoms with Gasteiger partial charge in [-0.1, -0.05) is 12.8 Å². The molecule has 2 unspecified atom stereocenters. The Kier molecular flexibility index (Phi) is 6.39. The quantitative estimate of drug-likeness (QED) is 0.287. The van der Waals surface area contributed by atoms with Crippen molar-refractivity contribution in [2.24, 2.45) is 5.73 Å². The summed E-state index contributed by atoms with van der Waals surface area (Å²) >= 11 is 0. The second-order valence-electron chi connectivity index (χ2n) is 6.60. The third-order valence-corrected chi connectivity index (χ3v) is 4.65. The Morgan fingerprint density at radius 2 is 2.04 bits per heavy atom. The molecule has 7 N–H and O–H groups in total. The maximum Gasteiger partial charge on any atom is 0.280 e. The molecular weight excluding hydrogens is 356 g/mol. The van der Waals surface area contributed by atoms with Crippen molar-refractivity contribution >= 4 is 17.1 Å². The lowest BCUT2D eigenvalue weighted by Gasteiger charge is -2.16. The zero-order chi connectivity index (χ0) is 19.4. The number of nitrogens with one attached hydrogen (secondary N) is 2. The normalized spacial score (nSPS) is 25.3. The predicted octanol–water partition coefficient (Wildman–Crippen LogP) is -1.34. The average molecular weight is 382 g/mol. The first-order valence-corrected chi connectivity index (χ1v) is 9.10. The van der Waals surface area contributed by atoms with E-state index in [1.807, 2.05) is 0 Å². The lowest BCUT2D eigenvalue weighted by Crippen LogP contribution is -2.33. The van der Waals surface area contributed by atoms with Gasteiger partial charge in [-0.3, -0.25) is 14.3 Å². The standard InChI is InChI=1S/C16H26N6O5/c17-5-3-1-2-4-6-18-16-20-13-10(14(26)21-16)19-8-22(13)15-12(25)11(24)9(7-23)27-15/h8-9,11-12,15,23-25H,1-7,17H2,(H2,18,20,21,26)/t9-,11?,12?,15-/m1/s1. The first kappa shape index (κ1) is 19.7. The molecule has 0 amide bonds. The number of nitrogens with two attached hydrogens (primary N) is 1. The molecule has 1 fully saturated rings. The summed E-state index contributed by atoms with van der Waals surface area (Å²) in [5, 5.41) is 32.4. The van der Waals surface area contributed by atoms with E-state index in [9.17, 15) is 20.1 Å². The second kappa shape index (κ2) is 8.76. The van der Waals surface area contributed by atoms with E-state index in [1.54, 1.807) is 0 Å². The fourth-order valence-electron chi connectivity index (χ4n) is 3.14. The average Bonchev–Trinajstić information content (AvgIpc) is 3.20. The van der Waals surface area contributed by atoms with Crippen LogP contribution >= 0.6 is 0 Å². The molecule has 11 nitrogen and oxygen atoms in total. The number of ether oxygens (including phenoxy) is 1. The SMILES string of the molecule is NCCCCCCNc1nc2c(ncn2[C@@H]2O[C@H](CO)C(O)C2O)c(=O)[nH]1.